The Hall–Kier alpha value is -2.46. The van der Waals surface area contributed by atoms with Crippen LogP contribution in [0.5, 0.6) is 5.75 Å². The molecule has 0 heterocycles. The molecule has 5 nitrogen and oxygen atoms in total. The van der Waals surface area contributed by atoms with Gasteiger partial charge in [0.1, 0.15) is 0 Å². The monoisotopic (exact) mass is 348 g/mol. The Labute approximate surface area is 140 Å². The zero-order valence-electron chi connectivity index (χ0n) is 11.6. The first kappa shape index (κ1) is 19.5. The summed E-state index contributed by atoms with van der Waals surface area (Å²) in [6, 6.07) is 14.7. The second-order valence-electron chi connectivity index (χ2n) is 3.86. The molecule has 1 N–H and O–H groups in total. The smallest absolute Gasteiger partial charge is 0.872 e. The molecule has 2 rings (SSSR count). The number of carboxylic acids is 2. The number of aliphatic carboxylic acids is 1. The average Bonchev–Trinajstić information content (AvgIpc) is 2.47. The van der Waals surface area contributed by atoms with Gasteiger partial charge in [-0.1, -0.05) is 60.4 Å². The zero-order chi connectivity index (χ0) is 15.7. The second-order valence-corrected chi connectivity index (χ2v) is 3.86. The molecule has 0 aliphatic heterocycles. The predicted octanol–water partition coefficient (Wildman–Crippen LogP) is 0.906. The van der Waals surface area contributed by atoms with Crippen molar-refractivity contribution >= 4 is 18.0 Å². The van der Waals surface area contributed by atoms with Gasteiger partial charge in [0.2, 0.25) is 0 Å². The van der Waals surface area contributed by atoms with Crippen LogP contribution in [-0.2, 0) is 24.3 Å². The summed E-state index contributed by atoms with van der Waals surface area (Å²) < 4.78 is 0. The fourth-order valence-electron chi connectivity index (χ4n) is 1.37. The van der Waals surface area contributed by atoms with Gasteiger partial charge < -0.3 is 20.1 Å². The molecule has 0 aromatic heterocycles. The number of carbonyl (C=O) groups is 2. The molecule has 0 spiro atoms. The van der Waals surface area contributed by atoms with Gasteiger partial charge in [0.05, 0.1) is 11.5 Å². The van der Waals surface area contributed by atoms with Gasteiger partial charge in [-0.15, -0.1) is 0 Å². The summed E-state index contributed by atoms with van der Waals surface area (Å²) in [6.45, 7) is 0. The van der Waals surface area contributed by atoms with Crippen LogP contribution in [0.3, 0.4) is 0 Å². The van der Waals surface area contributed by atoms with E-state index in [1.165, 1.54) is 30.3 Å². The summed E-state index contributed by atoms with van der Waals surface area (Å²) in [7, 11) is 0. The molecule has 0 atom stereocenters. The van der Waals surface area contributed by atoms with Crippen LogP contribution in [0.25, 0.3) is 6.08 Å². The molecule has 0 aliphatic rings. The molecule has 0 radical (unpaired) electrons. The molecule has 2 aromatic rings. The fraction of sp³-hybridized carbons (Fsp3) is 0. The minimum atomic E-state index is -1.18. The summed E-state index contributed by atoms with van der Waals surface area (Å²) in [5.74, 6) is -2.80. The van der Waals surface area contributed by atoms with E-state index in [9.17, 15) is 19.8 Å². The van der Waals surface area contributed by atoms with Crippen LogP contribution in [0, 0.1) is 0 Å². The third-order valence-corrected chi connectivity index (χ3v) is 2.33. The Morgan fingerprint density at radius 2 is 1.50 bits per heavy atom. The molecule has 0 bridgehead atoms. The largest absolute Gasteiger partial charge is 2.00 e. The van der Waals surface area contributed by atoms with E-state index in [-0.39, 0.29) is 25.0 Å². The Bertz CT molecular complexity index is 638. The first-order valence-corrected chi connectivity index (χ1v) is 5.94. The van der Waals surface area contributed by atoms with Gasteiger partial charge in [-0.3, -0.25) is 0 Å². The minimum Gasteiger partial charge on any atom is -0.872 e. The van der Waals surface area contributed by atoms with E-state index in [2.05, 4.69) is 0 Å². The predicted molar refractivity (Wildman–Crippen MR) is 73.3 cm³/mol. The fourth-order valence-corrected chi connectivity index (χ4v) is 1.37. The third kappa shape index (κ3) is 7.36. The van der Waals surface area contributed by atoms with Crippen LogP contribution < -0.4 is 10.2 Å². The number of hydrogen-bond acceptors (Lipinski definition) is 4. The van der Waals surface area contributed by atoms with Gasteiger partial charge in [0.15, 0.2) is 0 Å². The quantitative estimate of drug-likeness (QED) is 0.655. The maximum atomic E-state index is 10.7. The van der Waals surface area contributed by atoms with Crippen molar-refractivity contribution in [3.05, 3.63) is 71.8 Å². The Balaban J connectivity index is 0.000000385. The van der Waals surface area contributed by atoms with Crippen LogP contribution in [0.1, 0.15) is 15.9 Å². The molecule has 0 fully saturated rings. The van der Waals surface area contributed by atoms with Gasteiger partial charge in [-0.2, -0.15) is 0 Å². The van der Waals surface area contributed by atoms with Gasteiger partial charge in [0, 0.05) is 0 Å². The van der Waals surface area contributed by atoms with Crippen LogP contribution in [0.15, 0.2) is 60.7 Å². The second kappa shape index (κ2) is 10.3. The van der Waals surface area contributed by atoms with Crippen LogP contribution >= 0.6 is 0 Å². The number of para-hydroxylation sites is 1. The van der Waals surface area contributed by atoms with E-state index >= 15 is 0 Å². The first-order valence-electron chi connectivity index (χ1n) is 5.94. The normalized spacial score (nSPS) is 9.27. The molecular weight excluding hydrogens is 338 g/mol. The van der Waals surface area contributed by atoms with Crippen molar-refractivity contribution in [2.45, 2.75) is 0 Å². The number of rotatable bonds is 3. The Morgan fingerprint density at radius 1 is 0.955 bits per heavy atom. The van der Waals surface area contributed by atoms with Gasteiger partial charge in [-0.05, 0) is 17.7 Å². The van der Waals surface area contributed by atoms with Crippen molar-refractivity contribution in [1.29, 1.82) is 0 Å². The van der Waals surface area contributed by atoms with Crippen molar-refractivity contribution < 1.29 is 44.4 Å². The van der Waals surface area contributed by atoms with Crippen molar-refractivity contribution in [2.24, 2.45) is 0 Å². The molecule has 0 amide bonds. The zero-order valence-corrected chi connectivity index (χ0v) is 14.6. The number of hydrogen-bond donors (Lipinski definition) is 1. The molecule has 6 heteroatoms. The van der Waals surface area contributed by atoms with E-state index in [0.29, 0.717) is 0 Å². The van der Waals surface area contributed by atoms with E-state index < -0.39 is 17.7 Å². The third-order valence-electron chi connectivity index (χ3n) is 2.33. The van der Waals surface area contributed by atoms with Crippen LogP contribution in [0.2, 0.25) is 0 Å². The van der Waals surface area contributed by atoms with E-state index in [4.69, 9.17) is 5.11 Å². The molecule has 2 aromatic carbocycles. The summed E-state index contributed by atoms with van der Waals surface area (Å²) in [6.07, 6.45) is 2.50. The molecule has 22 heavy (non-hydrogen) atoms. The van der Waals surface area contributed by atoms with Crippen molar-refractivity contribution in [3.63, 3.8) is 0 Å². The van der Waals surface area contributed by atoms with Gasteiger partial charge in [-0.25, -0.2) is 4.79 Å². The molecule has 0 saturated heterocycles. The molecule has 108 valence electrons. The van der Waals surface area contributed by atoms with E-state index in [0.717, 1.165) is 11.6 Å². The average molecular weight is 350 g/mol. The maximum absolute atomic E-state index is 10.7. The maximum Gasteiger partial charge on any atom is 2.00 e. The molecule has 0 aliphatic carbocycles. The van der Waals surface area contributed by atoms with Crippen LogP contribution in [-0.4, -0.2) is 17.0 Å². The Kier molecular flexibility index (Phi) is 9.15. The SMILES string of the molecule is O=C(O)c1ccccc1[O-].O=C([O-])/C=C/c1ccccc1.[Zn+2]. The Morgan fingerprint density at radius 3 is 1.95 bits per heavy atom. The summed E-state index contributed by atoms with van der Waals surface area (Å²) in [5, 5.41) is 29.0. The molecular formula is C16H12O5Zn. The summed E-state index contributed by atoms with van der Waals surface area (Å²) >= 11 is 0. The number of carboxylic acid groups (broad SMARTS) is 2. The van der Waals surface area contributed by atoms with E-state index in [1.807, 2.05) is 30.3 Å². The first-order chi connectivity index (χ1) is 10.0. The number of carbonyl (C=O) groups excluding carboxylic acids is 1. The van der Waals surface area contributed by atoms with E-state index in [1.54, 1.807) is 0 Å². The van der Waals surface area contributed by atoms with Crippen molar-refractivity contribution in [3.8, 4) is 5.75 Å². The van der Waals surface area contributed by atoms with Gasteiger partial charge >= 0.3 is 25.4 Å². The molecule has 0 saturated carbocycles. The number of aromatic carboxylic acids is 1. The van der Waals surface area contributed by atoms with Crippen LogP contribution in [0.4, 0.5) is 0 Å². The molecule has 0 unspecified atom stereocenters. The topological polar surface area (TPSA) is 100 Å². The van der Waals surface area contributed by atoms with Gasteiger partial charge in [0.25, 0.3) is 0 Å². The standard InChI is InChI=1S/C9H8O2.C7H6O3.Zn/c10-9(11)7-6-8-4-2-1-3-5-8;8-6-4-2-1-3-5(6)7(9)10;/h1-7H,(H,10,11);1-4,8H,(H,9,10);/q;;+2/p-2/b7-6+;;. The summed E-state index contributed by atoms with van der Waals surface area (Å²) in [4.78, 5) is 20.2. The summed E-state index contributed by atoms with van der Waals surface area (Å²) in [5.41, 5.74) is 0.680. The van der Waals surface area contributed by atoms with Crippen molar-refractivity contribution in [1.82, 2.24) is 0 Å². The number of benzene rings is 2. The van der Waals surface area contributed by atoms with Crippen molar-refractivity contribution in [2.75, 3.05) is 0 Å². The minimum absolute atomic E-state index is 0.